The van der Waals surface area contributed by atoms with E-state index in [1.807, 2.05) is 6.07 Å². The fourth-order valence-corrected chi connectivity index (χ4v) is 4.65. The van der Waals surface area contributed by atoms with Crippen molar-refractivity contribution in [3.8, 4) is 0 Å². The van der Waals surface area contributed by atoms with Gasteiger partial charge in [0.2, 0.25) is 10.0 Å². The zero-order valence-corrected chi connectivity index (χ0v) is 17.0. The first-order valence-corrected chi connectivity index (χ1v) is 11.0. The Morgan fingerprint density at radius 3 is 2.38 bits per heavy atom. The zero-order chi connectivity index (χ0) is 20.9. The third-order valence-corrected chi connectivity index (χ3v) is 6.61. The predicted molar refractivity (Wildman–Crippen MR) is 109 cm³/mol. The number of piperidine rings is 1. The van der Waals surface area contributed by atoms with Gasteiger partial charge in [-0.1, -0.05) is 30.7 Å². The number of hydrogen-bond acceptors (Lipinski definition) is 5. The molecule has 0 aliphatic carbocycles. The number of ether oxygens (including phenoxy) is 1. The topological polar surface area (TPSA) is 92.8 Å². The average Bonchev–Trinajstić information content (AvgIpc) is 2.75. The van der Waals surface area contributed by atoms with E-state index in [9.17, 15) is 18.0 Å². The lowest BCUT2D eigenvalue weighted by atomic mass is 10.2. The molecule has 0 aromatic heterocycles. The second kappa shape index (κ2) is 9.19. The van der Waals surface area contributed by atoms with E-state index in [1.165, 1.54) is 35.5 Å². The van der Waals surface area contributed by atoms with Gasteiger partial charge >= 0.3 is 5.97 Å². The van der Waals surface area contributed by atoms with Crippen molar-refractivity contribution in [2.45, 2.75) is 37.2 Å². The second-order valence-electron chi connectivity index (χ2n) is 6.90. The Kier molecular flexibility index (Phi) is 6.66. The quantitative estimate of drug-likeness (QED) is 0.731. The number of sulfonamides is 1. The van der Waals surface area contributed by atoms with Gasteiger partial charge in [0.25, 0.3) is 5.91 Å². The van der Waals surface area contributed by atoms with E-state index in [1.54, 1.807) is 24.3 Å². The highest BCUT2D eigenvalue weighted by Gasteiger charge is 2.27. The van der Waals surface area contributed by atoms with Crippen LogP contribution in [0.25, 0.3) is 0 Å². The first-order chi connectivity index (χ1) is 13.9. The standard InChI is InChI=1S/C21H24N2O5S/c1-16(20(24)22-18-10-4-2-5-11-18)28-21(25)17-9-8-12-19(15-17)29(26,27)23-13-6-3-7-14-23/h2,4-5,8-12,15-16H,3,6-7,13-14H2,1H3,(H,22,24). The van der Waals surface area contributed by atoms with Crippen molar-refractivity contribution in [2.24, 2.45) is 0 Å². The Labute approximate surface area is 170 Å². The molecule has 0 saturated carbocycles. The molecule has 0 radical (unpaired) electrons. The molecule has 1 fully saturated rings. The molecule has 1 saturated heterocycles. The largest absolute Gasteiger partial charge is 0.449 e. The molecule has 0 bridgehead atoms. The van der Waals surface area contributed by atoms with Gasteiger partial charge in [0.05, 0.1) is 10.5 Å². The summed E-state index contributed by atoms with van der Waals surface area (Å²) in [7, 11) is -3.66. The SMILES string of the molecule is CC(OC(=O)c1cccc(S(=O)(=O)N2CCCCC2)c1)C(=O)Nc1ccccc1. The van der Waals surface area contributed by atoms with Crippen LogP contribution in [0.2, 0.25) is 0 Å². The summed E-state index contributed by atoms with van der Waals surface area (Å²) >= 11 is 0. The molecule has 1 amide bonds. The first-order valence-electron chi connectivity index (χ1n) is 9.55. The average molecular weight is 416 g/mol. The minimum absolute atomic E-state index is 0.0511. The molecule has 1 aliphatic rings. The number of carbonyl (C=O) groups excluding carboxylic acids is 2. The fourth-order valence-electron chi connectivity index (χ4n) is 3.09. The maximum atomic E-state index is 12.8. The molecular formula is C21H24N2O5S. The van der Waals surface area contributed by atoms with Crippen molar-refractivity contribution in [1.82, 2.24) is 4.31 Å². The molecule has 0 spiro atoms. The van der Waals surface area contributed by atoms with Crippen molar-refractivity contribution >= 4 is 27.6 Å². The fraction of sp³-hybridized carbons (Fsp3) is 0.333. The van der Waals surface area contributed by atoms with Crippen LogP contribution in [0.15, 0.2) is 59.5 Å². The second-order valence-corrected chi connectivity index (χ2v) is 8.83. The van der Waals surface area contributed by atoms with E-state index in [2.05, 4.69) is 5.32 Å². The Bertz CT molecular complexity index is 970. The molecule has 7 nitrogen and oxygen atoms in total. The number of anilines is 1. The molecule has 29 heavy (non-hydrogen) atoms. The van der Waals surface area contributed by atoms with Gasteiger partial charge in [0, 0.05) is 18.8 Å². The van der Waals surface area contributed by atoms with Gasteiger partial charge in [0.1, 0.15) is 0 Å². The lowest BCUT2D eigenvalue weighted by Crippen LogP contribution is -2.35. The molecule has 154 valence electrons. The number of amides is 1. The minimum atomic E-state index is -3.66. The molecule has 1 atom stereocenters. The van der Waals surface area contributed by atoms with Crippen LogP contribution in [-0.2, 0) is 19.6 Å². The summed E-state index contributed by atoms with van der Waals surface area (Å²) in [6, 6.07) is 14.6. The first kappa shape index (κ1) is 21.0. The van der Waals surface area contributed by atoms with Crippen molar-refractivity contribution in [3.63, 3.8) is 0 Å². The van der Waals surface area contributed by atoms with Crippen LogP contribution in [0.1, 0.15) is 36.5 Å². The smallest absolute Gasteiger partial charge is 0.338 e. The van der Waals surface area contributed by atoms with Gasteiger partial charge < -0.3 is 10.1 Å². The van der Waals surface area contributed by atoms with Crippen molar-refractivity contribution < 1.29 is 22.7 Å². The van der Waals surface area contributed by atoms with Crippen molar-refractivity contribution in [2.75, 3.05) is 18.4 Å². The van der Waals surface area contributed by atoms with E-state index in [-0.39, 0.29) is 10.5 Å². The van der Waals surface area contributed by atoms with E-state index in [0.717, 1.165) is 19.3 Å². The maximum Gasteiger partial charge on any atom is 0.338 e. The number of nitrogens with zero attached hydrogens (tertiary/aromatic N) is 1. The highest BCUT2D eigenvalue weighted by molar-refractivity contribution is 7.89. The van der Waals surface area contributed by atoms with Gasteiger partial charge in [-0.3, -0.25) is 4.79 Å². The van der Waals surface area contributed by atoms with Crippen LogP contribution in [0, 0.1) is 0 Å². The van der Waals surface area contributed by atoms with Crippen LogP contribution in [-0.4, -0.2) is 43.8 Å². The van der Waals surface area contributed by atoms with E-state index in [4.69, 9.17) is 4.74 Å². The van der Waals surface area contributed by atoms with Crippen LogP contribution in [0.5, 0.6) is 0 Å². The number of nitrogens with one attached hydrogen (secondary N) is 1. The van der Waals surface area contributed by atoms with Crippen LogP contribution in [0.3, 0.4) is 0 Å². The molecular weight excluding hydrogens is 392 g/mol. The maximum absolute atomic E-state index is 12.8. The summed E-state index contributed by atoms with van der Waals surface area (Å²) in [6.45, 7) is 2.42. The monoisotopic (exact) mass is 416 g/mol. The highest BCUT2D eigenvalue weighted by Crippen LogP contribution is 2.22. The lowest BCUT2D eigenvalue weighted by molar-refractivity contribution is -0.123. The molecule has 2 aromatic carbocycles. The van der Waals surface area contributed by atoms with E-state index < -0.39 is 28.0 Å². The van der Waals surface area contributed by atoms with E-state index in [0.29, 0.717) is 18.8 Å². The third-order valence-electron chi connectivity index (χ3n) is 4.72. The molecule has 8 heteroatoms. The lowest BCUT2D eigenvalue weighted by Gasteiger charge is -2.26. The third kappa shape index (κ3) is 5.21. The molecule has 2 aromatic rings. The van der Waals surface area contributed by atoms with Gasteiger partial charge in [-0.15, -0.1) is 0 Å². The molecule has 1 unspecified atom stereocenters. The van der Waals surface area contributed by atoms with Crippen LogP contribution < -0.4 is 5.32 Å². The van der Waals surface area contributed by atoms with Gasteiger partial charge in [-0.25, -0.2) is 13.2 Å². The molecule has 1 aliphatic heterocycles. The Morgan fingerprint density at radius 2 is 1.69 bits per heavy atom. The number of esters is 1. The van der Waals surface area contributed by atoms with Crippen LogP contribution >= 0.6 is 0 Å². The Balaban J connectivity index is 1.68. The molecule has 1 heterocycles. The molecule has 3 rings (SSSR count). The van der Waals surface area contributed by atoms with Gasteiger partial charge in [-0.05, 0) is 50.1 Å². The van der Waals surface area contributed by atoms with Crippen LogP contribution in [0.4, 0.5) is 5.69 Å². The van der Waals surface area contributed by atoms with Crippen molar-refractivity contribution in [1.29, 1.82) is 0 Å². The summed E-state index contributed by atoms with van der Waals surface area (Å²) in [5.74, 6) is -1.22. The summed E-state index contributed by atoms with van der Waals surface area (Å²) in [6.07, 6.45) is 1.63. The predicted octanol–water partition coefficient (Wildman–Crippen LogP) is 3.05. The minimum Gasteiger partial charge on any atom is -0.449 e. The van der Waals surface area contributed by atoms with Gasteiger partial charge in [-0.2, -0.15) is 4.31 Å². The van der Waals surface area contributed by atoms with Crippen molar-refractivity contribution in [3.05, 3.63) is 60.2 Å². The number of rotatable bonds is 6. The number of hydrogen-bond donors (Lipinski definition) is 1. The Hall–Kier alpha value is -2.71. The zero-order valence-electron chi connectivity index (χ0n) is 16.2. The van der Waals surface area contributed by atoms with E-state index >= 15 is 0 Å². The Morgan fingerprint density at radius 1 is 1.00 bits per heavy atom. The summed E-state index contributed by atoms with van der Waals surface area (Å²) in [5.41, 5.74) is 0.678. The summed E-state index contributed by atoms with van der Waals surface area (Å²) < 4.78 is 32.3. The van der Waals surface area contributed by atoms with Gasteiger partial charge in [0.15, 0.2) is 6.10 Å². The normalized spacial score (nSPS) is 16.0. The number of benzene rings is 2. The number of carbonyl (C=O) groups is 2. The summed E-state index contributed by atoms with van der Waals surface area (Å²) in [4.78, 5) is 24.7. The summed E-state index contributed by atoms with van der Waals surface area (Å²) in [5, 5.41) is 2.66. The molecule has 1 N–H and O–H groups in total. The highest BCUT2D eigenvalue weighted by atomic mass is 32.2. The number of para-hydroxylation sites is 1.